The van der Waals surface area contributed by atoms with Gasteiger partial charge in [0.25, 0.3) is 10.0 Å². The number of nitrogens with zero attached hydrogens (tertiary/aromatic N) is 2. The average molecular weight is 664 g/mol. The Bertz CT molecular complexity index is 1820. The quantitative estimate of drug-likeness (QED) is 0.226. The van der Waals surface area contributed by atoms with Crippen LogP contribution in [-0.2, 0) is 32.6 Å². The van der Waals surface area contributed by atoms with Crippen molar-refractivity contribution in [1.29, 1.82) is 0 Å². The SMILES string of the molecule is CC(C)NC(=O)C(Cc1ccccc1)N(Cc1ccccc1F)C(=O)CN(c1ccc(F)cc1)S(=O)(=O)c1ccc2c(c1)OCCO2. The van der Waals surface area contributed by atoms with E-state index in [0.29, 0.717) is 12.4 Å². The fourth-order valence-corrected chi connectivity index (χ4v) is 6.62. The van der Waals surface area contributed by atoms with Crippen LogP contribution in [0, 0.1) is 11.6 Å². The Morgan fingerprint density at radius 3 is 2.19 bits per heavy atom. The summed E-state index contributed by atoms with van der Waals surface area (Å²) < 4.78 is 69.5. The summed E-state index contributed by atoms with van der Waals surface area (Å²) in [4.78, 5) is 29.2. The smallest absolute Gasteiger partial charge is 0.264 e. The molecule has 4 aromatic carbocycles. The van der Waals surface area contributed by atoms with Crippen LogP contribution >= 0.6 is 0 Å². The number of benzene rings is 4. The summed E-state index contributed by atoms with van der Waals surface area (Å²) in [5.41, 5.74) is 0.882. The molecule has 0 bridgehead atoms. The van der Waals surface area contributed by atoms with Gasteiger partial charge in [-0.15, -0.1) is 0 Å². The first-order chi connectivity index (χ1) is 22.5. The predicted molar refractivity (Wildman–Crippen MR) is 173 cm³/mol. The average Bonchev–Trinajstić information content (AvgIpc) is 3.06. The summed E-state index contributed by atoms with van der Waals surface area (Å²) in [5, 5.41) is 2.85. The molecule has 9 nitrogen and oxygen atoms in total. The zero-order valence-electron chi connectivity index (χ0n) is 25.9. The summed E-state index contributed by atoms with van der Waals surface area (Å²) >= 11 is 0. The molecule has 1 N–H and O–H groups in total. The van der Waals surface area contributed by atoms with Gasteiger partial charge in [0.1, 0.15) is 37.4 Å². The van der Waals surface area contributed by atoms with Gasteiger partial charge in [0.2, 0.25) is 11.8 Å². The maximum atomic E-state index is 15.0. The van der Waals surface area contributed by atoms with Crippen LogP contribution in [0.3, 0.4) is 0 Å². The summed E-state index contributed by atoms with van der Waals surface area (Å²) in [6.07, 6.45) is 0.0744. The van der Waals surface area contributed by atoms with Crippen molar-refractivity contribution in [3.05, 3.63) is 120 Å². The monoisotopic (exact) mass is 663 g/mol. The zero-order chi connectivity index (χ0) is 33.6. The molecule has 0 aromatic heterocycles. The van der Waals surface area contributed by atoms with Crippen molar-refractivity contribution in [3.8, 4) is 11.5 Å². The Kier molecular flexibility index (Phi) is 10.4. The molecule has 246 valence electrons. The lowest BCUT2D eigenvalue weighted by atomic mass is 10.0. The van der Waals surface area contributed by atoms with Crippen LogP contribution in [0.4, 0.5) is 14.5 Å². The van der Waals surface area contributed by atoms with Crippen LogP contribution in [0.25, 0.3) is 0 Å². The van der Waals surface area contributed by atoms with E-state index in [-0.39, 0.29) is 47.5 Å². The Balaban J connectivity index is 1.58. The number of ether oxygens (including phenoxy) is 2. The van der Waals surface area contributed by atoms with Crippen LogP contribution in [0.15, 0.2) is 102 Å². The number of halogens is 2. The van der Waals surface area contributed by atoms with Crippen molar-refractivity contribution in [1.82, 2.24) is 10.2 Å². The van der Waals surface area contributed by atoms with Crippen molar-refractivity contribution in [2.24, 2.45) is 0 Å². The van der Waals surface area contributed by atoms with E-state index in [9.17, 15) is 22.4 Å². The number of carbonyl (C=O) groups is 2. The lowest BCUT2D eigenvalue weighted by molar-refractivity contribution is -0.140. The lowest BCUT2D eigenvalue weighted by Crippen LogP contribution is -2.54. The predicted octanol–water partition coefficient (Wildman–Crippen LogP) is 5.10. The molecule has 47 heavy (non-hydrogen) atoms. The van der Waals surface area contributed by atoms with Crippen molar-refractivity contribution in [2.45, 2.75) is 43.8 Å². The fraction of sp³-hybridized carbons (Fsp3) is 0.257. The van der Waals surface area contributed by atoms with Gasteiger partial charge in [0.05, 0.1) is 10.6 Å². The molecule has 1 atom stereocenters. The molecule has 0 aliphatic carbocycles. The second-order valence-electron chi connectivity index (χ2n) is 11.3. The molecule has 1 aliphatic rings. The first-order valence-electron chi connectivity index (χ1n) is 15.1. The molecular weight excluding hydrogens is 628 g/mol. The van der Waals surface area contributed by atoms with Gasteiger partial charge in [-0.05, 0) is 61.9 Å². The molecule has 4 aromatic rings. The van der Waals surface area contributed by atoms with Crippen molar-refractivity contribution in [3.63, 3.8) is 0 Å². The first-order valence-corrected chi connectivity index (χ1v) is 16.5. The molecule has 1 heterocycles. The number of fused-ring (bicyclic) bond motifs is 1. The molecular formula is C35H35F2N3O6S. The molecule has 0 fully saturated rings. The van der Waals surface area contributed by atoms with E-state index in [0.717, 1.165) is 22.0 Å². The van der Waals surface area contributed by atoms with Crippen LogP contribution in [0.2, 0.25) is 0 Å². The Morgan fingerprint density at radius 2 is 1.51 bits per heavy atom. The van der Waals surface area contributed by atoms with Gasteiger partial charge in [0, 0.05) is 30.6 Å². The highest BCUT2D eigenvalue weighted by molar-refractivity contribution is 7.92. The Hall–Kier alpha value is -4.97. The van der Waals surface area contributed by atoms with E-state index >= 15 is 4.39 Å². The molecule has 12 heteroatoms. The highest BCUT2D eigenvalue weighted by atomic mass is 32.2. The van der Waals surface area contributed by atoms with Gasteiger partial charge in [-0.3, -0.25) is 13.9 Å². The maximum absolute atomic E-state index is 15.0. The van der Waals surface area contributed by atoms with Crippen molar-refractivity contribution >= 4 is 27.5 Å². The summed E-state index contributed by atoms with van der Waals surface area (Å²) in [7, 11) is -4.48. The minimum Gasteiger partial charge on any atom is -0.486 e. The number of anilines is 1. The number of amides is 2. The molecule has 0 spiro atoms. The number of hydrogen-bond donors (Lipinski definition) is 1. The minimum absolute atomic E-state index is 0.00622. The van der Waals surface area contributed by atoms with E-state index in [1.165, 1.54) is 53.4 Å². The fourth-order valence-electron chi connectivity index (χ4n) is 5.19. The normalized spacial score (nSPS) is 13.1. The largest absolute Gasteiger partial charge is 0.486 e. The van der Waals surface area contributed by atoms with E-state index in [2.05, 4.69) is 5.32 Å². The summed E-state index contributed by atoms with van der Waals surface area (Å²) in [6.45, 7) is 2.98. The van der Waals surface area contributed by atoms with Gasteiger partial charge in [-0.25, -0.2) is 17.2 Å². The lowest BCUT2D eigenvalue weighted by Gasteiger charge is -2.34. The number of rotatable bonds is 12. The highest BCUT2D eigenvalue weighted by Crippen LogP contribution is 2.34. The van der Waals surface area contributed by atoms with E-state index in [4.69, 9.17) is 9.47 Å². The maximum Gasteiger partial charge on any atom is 0.264 e. The topological polar surface area (TPSA) is 105 Å². The molecule has 0 saturated carbocycles. The second-order valence-corrected chi connectivity index (χ2v) is 13.1. The van der Waals surface area contributed by atoms with Crippen molar-refractivity contribution in [2.75, 3.05) is 24.1 Å². The Labute approximate surface area is 272 Å². The Morgan fingerprint density at radius 1 is 0.851 bits per heavy atom. The van der Waals surface area contributed by atoms with Crippen molar-refractivity contribution < 1.29 is 36.3 Å². The van der Waals surface area contributed by atoms with E-state index in [1.807, 2.05) is 6.07 Å². The molecule has 5 rings (SSSR count). The van der Waals surface area contributed by atoms with Gasteiger partial charge >= 0.3 is 0 Å². The van der Waals surface area contributed by atoms with Crippen LogP contribution in [0.5, 0.6) is 11.5 Å². The molecule has 0 saturated heterocycles. The highest BCUT2D eigenvalue weighted by Gasteiger charge is 2.35. The number of nitrogens with one attached hydrogen (secondary N) is 1. The molecule has 1 unspecified atom stereocenters. The minimum atomic E-state index is -4.48. The van der Waals surface area contributed by atoms with Gasteiger partial charge in [0.15, 0.2) is 11.5 Å². The number of sulfonamides is 1. The van der Waals surface area contributed by atoms with Gasteiger partial charge in [-0.1, -0.05) is 48.5 Å². The van der Waals surface area contributed by atoms with Gasteiger partial charge < -0.3 is 19.7 Å². The molecule has 1 aliphatic heterocycles. The van der Waals surface area contributed by atoms with Crippen LogP contribution in [-0.4, -0.2) is 57.0 Å². The zero-order valence-corrected chi connectivity index (χ0v) is 26.8. The van der Waals surface area contributed by atoms with Gasteiger partial charge in [-0.2, -0.15) is 0 Å². The standard InChI is InChI=1S/C35H35F2N3O6S/c1-24(2)38-35(42)31(20-25-8-4-3-5-9-25)39(22-26-10-6-7-11-30(26)37)34(41)23-40(28-14-12-27(36)13-15-28)47(43,44)29-16-17-32-33(21-29)46-19-18-45-32/h3-17,21,24,31H,18-20,22-23H2,1-2H3,(H,38,42). The first kappa shape index (κ1) is 33.4. The third kappa shape index (κ3) is 8.07. The second kappa shape index (κ2) is 14.6. The third-order valence-electron chi connectivity index (χ3n) is 7.50. The molecule has 2 amide bonds. The number of hydrogen-bond acceptors (Lipinski definition) is 6. The summed E-state index contributed by atoms with van der Waals surface area (Å²) in [6, 6.07) is 22.2. The summed E-state index contributed by atoms with van der Waals surface area (Å²) in [5.74, 6) is -1.87. The third-order valence-corrected chi connectivity index (χ3v) is 9.27. The van der Waals surface area contributed by atoms with Crippen LogP contribution in [0.1, 0.15) is 25.0 Å². The number of carbonyl (C=O) groups excluding carboxylic acids is 2. The van der Waals surface area contributed by atoms with E-state index < -0.39 is 46.1 Å². The molecule has 0 radical (unpaired) electrons. The van der Waals surface area contributed by atoms with E-state index in [1.54, 1.807) is 44.2 Å². The van der Waals surface area contributed by atoms with Crippen LogP contribution < -0.4 is 19.1 Å².